The van der Waals surface area contributed by atoms with Crippen LogP contribution in [-0.2, 0) is 0 Å². The minimum atomic E-state index is 0.262. The second-order valence-corrected chi connectivity index (χ2v) is 6.85. The fourth-order valence-electron chi connectivity index (χ4n) is 3.36. The van der Waals surface area contributed by atoms with E-state index in [1.165, 1.54) is 6.42 Å². The van der Waals surface area contributed by atoms with Gasteiger partial charge in [-0.15, -0.1) is 0 Å². The van der Waals surface area contributed by atoms with Crippen molar-refractivity contribution in [2.45, 2.75) is 60.0 Å². The van der Waals surface area contributed by atoms with Gasteiger partial charge in [0.1, 0.15) is 6.10 Å². The standard InChI is InChI=1S/C16H27N3O/c1-6-17-15-18-12(3)8-14(19-15)20-13-7-11(2)9-16(4,5)10-13/h8,11,13H,6-7,9-10H2,1-5H3,(H,17,18,19). The molecule has 1 aliphatic carbocycles. The van der Waals surface area contributed by atoms with Gasteiger partial charge in [0.05, 0.1) is 0 Å². The van der Waals surface area contributed by atoms with Crippen molar-refractivity contribution in [1.29, 1.82) is 0 Å². The molecule has 0 spiro atoms. The van der Waals surface area contributed by atoms with Crippen LogP contribution in [0.1, 0.15) is 52.7 Å². The summed E-state index contributed by atoms with van der Waals surface area (Å²) in [6, 6.07) is 1.92. The summed E-state index contributed by atoms with van der Waals surface area (Å²) in [4.78, 5) is 8.80. The molecule has 1 fully saturated rings. The zero-order valence-electron chi connectivity index (χ0n) is 13.4. The van der Waals surface area contributed by atoms with E-state index in [0.29, 0.717) is 23.2 Å². The van der Waals surface area contributed by atoms with Crippen molar-refractivity contribution in [3.63, 3.8) is 0 Å². The lowest BCUT2D eigenvalue weighted by molar-refractivity contribution is 0.0532. The third kappa shape index (κ3) is 4.09. The van der Waals surface area contributed by atoms with E-state index in [0.717, 1.165) is 25.1 Å². The molecule has 1 N–H and O–H groups in total. The molecule has 0 aromatic carbocycles. The first kappa shape index (κ1) is 15.1. The van der Waals surface area contributed by atoms with Crippen LogP contribution in [0.4, 0.5) is 5.95 Å². The Morgan fingerprint density at radius 2 is 2.10 bits per heavy atom. The van der Waals surface area contributed by atoms with E-state index in [4.69, 9.17) is 4.74 Å². The molecule has 2 unspecified atom stereocenters. The van der Waals surface area contributed by atoms with E-state index in [1.807, 2.05) is 19.9 Å². The summed E-state index contributed by atoms with van der Waals surface area (Å²) in [5, 5.41) is 3.15. The normalized spacial score (nSPS) is 25.2. The van der Waals surface area contributed by atoms with Crippen molar-refractivity contribution >= 4 is 5.95 Å². The van der Waals surface area contributed by atoms with Crippen LogP contribution < -0.4 is 10.1 Å². The highest BCUT2D eigenvalue weighted by Crippen LogP contribution is 2.39. The Labute approximate surface area is 122 Å². The number of nitrogens with one attached hydrogen (secondary N) is 1. The molecule has 1 aromatic heterocycles. The molecule has 2 rings (SSSR count). The second-order valence-electron chi connectivity index (χ2n) is 6.85. The van der Waals surface area contributed by atoms with Gasteiger partial charge in [-0.3, -0.25) is 0 Å². The number of nitrogens with zero attached hydrogens (tertiary/aromatic N) is 2. The fraction of sp³-hybridized carbons (Fsp3) is 0.750. The summed E-state index contributed by atoms with van der Waals surface area (Å²) < 4.78 is 6.14. The lowest BCUT2D eigenvalue weighted by Gasteiger charge is -2.38. The number of aryl methyl sites for hydroxylation is 1. The summed E-state index contributed by atoms with van der Waals surface area (Å²) in [5.74, 6) is 2.06. The van der Waals surface area contributed by atoms with Crippen LogP contribution in [0.15, 0.2) is 6.07 Å². The Hall–Kier alpha value is -1.32. The van der Waals surface area contributed by atoms with Gasteiger partial charge < -0.3 is 10.1 Å². The minimum Gasteiger partial charge on any atom is -0.474 e. The summed E-state index contributed by atoms with van der Waals surface area (Å²) in [5.41, 5.74) is 1.30. The Morgan fingerprint density at radius 3 is 2.75 bits per heavy atom. The Kier molecular flexibility index (Phi) is 4.51. The second kappa shape index (κ2) is 5.98. The van der Waals surface area contributed by atoms with Gasteiger partial charge in [0, 0.05) is 18.3 Å². The largest absolute Gasteiger partial charge is 0.474 e. The maximum absolute atomic E-state index is 6.14. The number of anilines is 1. The molecule has 1 aromatic rings. The molecule has 0 radical (unpaired) electrons. The van der Waals surface area contributed by atoms with Gasteiger partial charge in [-0.25, -0.2) is 4.98 Å². The quantitative estimate of drug-likeness (QED) is 0.909. The average molecular weight is 277 g/mol. The molecular weight excluding hydrogens is 250 g/mol. The summed E-state index contributed by atoms with van der Waals surface area (Å²) >= 11 is 0. The Balaban J connectivity index is 2.09. The highest BCUT2D eigenvalue weighted by Gasteiger charge is 2.33. The maximum Gasteiger partial charge on any atom is 0.226 e. The molecule has 112 valence electrons. The minimum absolute atomic E-state index is 0.262. The molecule has 1 heterocycles. The first-order valence-electron chi connectivity index (χ1n) is 7.64. The van der Waals surface area contributed by atoms with Crippen LogP contribution in [0.5, 0.6) is 5.88 Å². The average Bonchev–Trinajstić information content (AvgIpc) is 2.24. The Bertz CT molecular complexity index is 459. The molecule has 0 aliphatic heterocycles. The molecule has 0 bridgehead atoms. The maximum atomic E-state index is 6.14. The molecule has 4 heteroatoms. The molecule has 20 heavy (non-hydrogen) atoms. The van der Waals surface area contributed by atoms with Crippen molar-refractivity contribution in [2.24, 2.45) is 11.3 Å². The monoisotopic (exact) mass is 277 g/mol. The third-order valence-corrected chi connectivity index (χ3v) is 3.80. The zero-order valence-corrected chi connectivity index (χ0v) is 13.4. The third-order valence-electron chi connectivity index (χ3n) is 3.80. The van der Waals surface area contributed by atoms with Crippen molar-refractivity contribution < 1.29 is 4.74 Å². The lowest BCUT2D eigenvalue weighted by atomic mass is 9.71. The fourth-order valence-corrected chi connectivity index (χ4v) is 3.36. The first-order valence-corrected chi connectivity index (χ1v) is 7.64. The van der Waals surface area contributed by atoms with Crippen molar-refractivity contribution in [3.8, 4) is 5.88 Å². The SMILES string of the molecule is CCNc1nc(C)cc(OC2CC(C)CC(C)(C)C2)n1. The molecule has 4 nitrogen and oxygen atoms in total. The summed E-state index contributed by atoms with van der Waals surface area (Å²) in [7, 11) is 0. The topological polar surface area (TPSA) is 47.0 Å². The molecular formula is C16H27N3O. The van der Waals surface area contributed by atoms with Crippen LogP contribution in [-0.4, -0.2) is 22.6 Å². The van der Waals surface area contributed by atoms with Crippen molar-refractivity contribution in [2.75, 3.05) is 11.9 Å². The van der Waals surface area contributed by atoms with Crippen LogP contribution in [0.2, 0.25) is 0 Å². The van der Waals surface area contributed by atoms with Crippen LogP contribution in [0.3, 0.4) is 0 Å². The van der Waals surface area contributed by atoms with E-state index in [1.54, 1.807) is 0 Å². The van der Waals surface area contributed by atoms with Crippen LogP contribution in [0, 0.1) is 18.3 Å². The number of hydrogen-bond acceptors (Lipinski definition) is 4. The van der Waals surface area contributed by atoms with E-state index < -0.39 is 0 Å². The van der Waals surface area contributed by atoms with Gasteiger partial charge in [0.2, 0.25) is 11.8 Å². The molecule has 0 amide bonds. The zero-order chi connectivity index (χ0) is 14.8. The van der Waals surface area contributed by atoms with Gasteiger partial charge in [0.25, 0.3) is 0 Å². The van der Waals surface area contributed by atoms with Gasteiger partial charge >= 0.3 is 0 Å². The van der Waals surface area contributed by atoms with Crippen molar-refractivity contribution in [3.05, 3.63) is 11.8 Å². The highest BCUT2D eigenvalue weighted by atomic mass is 16.5. The van der Waals surface area contributed by atoms with Gasteiger partial charge in [0.15, 0.2) is 0 Å². The van der Waals surface area contributed by atoms with Crippen LogP contribution >= 0.6 is 0 Å². The number of hydrogen-bond donors (Lipinski definition) is 1. The van der Waals surface area contributed by atoms with Gasteiger partial charge in [-0.1, -0.05) is 20.8 Å². The van der Waals surface area contributed by atoms with Gasteiger partial charge in [-0.05, 0) is 44.4 Å². The first-order chi connectivity index (χ1) is 9.38. The number of rotatable bonds is 4. The summed E-state index contributed by atoms with van der Waals surface area (Å²) in [6.07, 6.45) is 3.75. The lowest BCUT2D eigenvalue weighted by Crippen LogP contribution is -2.34. The van der Waals surface area contributed by atoms with E-state index in [2.05, 4.69) is 36.1 Å². The molecule has 2 atom stereocenters. The molecule has 1 aliphatic rings. The number of aromatic nitrogens is 2. The number of ether oxygens (including phenoxy) is 1. The van der Waals surface area contributed by atoms with Crippen molar-refractivity contribution in [1.82, 2.24) is 9.97 Å². The van der Waals surface area contributed by atoms with E-state index >= 15 is 0 Å². The molecule has 0 saturated heterocycles. The smallest absolute Gasteiger partial charge is 0.226 e. The van der Waals surface area contributed by atoms with E-state index in [-0.39, 0.29) is 6.10 Å². The summed E-state index contributed by atoms with van der Waals surface area (Å²) in [6.45, 7) is 11.8. The Morgan fingerprint density at radius 1 is 1.35 bits per heavy atom. The predicted molar refractivity (Wildman–Crippen MR) is 82.1 cm³/mol. The predicted octanol–water partition coefficient (Wildman–Crippen LogP) is 3.81. The molecule has 1 saturated carbocycles. The van der Waals surface area contributed by atoms with Crippen LogP contribution in [0.25, 0.3) is 0 Å². The highest BCUT2D eigenvalue weighted by molar-refractivity contribution is 5.30. The van der Waals surface area contributed by atoms with E-state index in [9.17, 15) is 0 Å². The van der Waals surface area contributed by atoms with Gasteiger partial charge in [-0.2, -0.15) is 4.98 Å².